The van der Waals surface area contributed by atoms with Crippen LogP contribution < -0.4 is 4.74 Å². The summed E-state index contributed by atoms with van der Waals surface area (Å²) in [5, 5.41) is 17.9. The Labute approximate surface area is 91.6 Å². The van der Waals surface area contributed by atoms with Gasteiger partial charge in [0.25, 0.3) is 0 Å². The highest BCUT2D eigenvalue weighted by Gasteiger charge is 2.08. The van der Waals surface area contributed by atoms with Crippen molar-refractivity contribution < 1.29 is 24.5 Å². The van der Waals surface area contributed by atoms with Crippen molar-refractivity contribution in [3.63, 3.8) is 0 Å². The first kappa shape index (κ1) is 11.8. The molecule has 5 heteroatoms. The van der Waals surface area contributed by atoms with E-state index in [0.717, 1.165) is 6.08 Å². The third-order valence-corrected chi connectivity index (χ3v) is 1.89. The maximum Gasteiger partial charge on any atom is 0.328 e. The van der Waals surface area contributed by atoms with Gasteiger partial charge in [-0.2, -0.15) is 0 Å². The Morgan fingerprint density at radius 1 is 1.44 bits per heavy atom. The molecule has 0 atom stereocenters. The maximum atomic E-state index is 10.6. The molecule has 0 heterocycles. The molecular formula is C11H10O5. The topological polar surface area (TPSA) is 83.8 Å². The average molecular weight is 222 g/mol. The van der Waals surface area contributed by atoms with Crippen molar-refractivity contribution in [3.05, 3.63) is 29.3 Å². The summed E-state index contributed by atoms with van der Waals surface area (Å²) in [6.07, 6.45) is 2.70. The first-order valence-electron chi connectivity index (χ1n) is 4.35. The Morgan fingerprint density at radius 3 is 2.62 bits per heavy atom. The number of hydrogen-bond donors (Lipinski definition) is 2. The molecule has 0 aliphatic carbocycles. The lowest BCUT2D eigenvalue weighted by Crippen LogP contribution is -1.91. The van der Waals surface area contributed by atoms with E-state index in [1.165, 1.54) is 25.3 Å². The molecule has 16 heavy (non-hydrogen) atoms. The minimum absolute atomic E-state index is 0.0457. The van der Waals surface area contributed by atoms with Crippen LogP contribution in [0.4, 0.5) is 0 Å². The van der Waals surface area contributed by atoms with Crippen molar-refractivity contribution in [2.24, 2.45) is 0 Å². The summed E-state index contributed by atoms with van der Waals surface area (Å²) in [6, 6.07) is 2.80. The molecule has 0 radical (unpaired) electrons. The minimum atomic E-state index is -1.10. The second kappa shape index (κ2) is 4.97. The van der Waals surface area contributed by atoms with Crippen LogP contribution in [0.15, 0.2) is 18.2 Å². The number of carbonyl (C=O) groups excluding carboxylic acids is 1. The number of ether oxygens (including phenoxy) is 1. The van der Waals surface area contributed by atoms with E-state index >= 15 is 0 Å². The second-order valence-corrected chi connectivity index (χ2v) is 2.95. The normalized spacial score (nSPS) is 10.3. The number of hydrogen-bond acceptors (Lipinski definition) is 4. The Morgan fingerprint density at radius 2 is 2.12 bits per heavy atom. The lowest BCUT2D eigenvalue weighted by molar-refractivity contribution is -0.131. The number of phenols is 1. The van der Waals surface area contributed by atoms with E-state index in [1.807, 2.05) is 0 Å². The molecular weight excluding hydrogens is 212 g/mol. The second-order valence-electron chi connectivity index (χ2n) is 2.95. The number of aldehydes is 1. The Kier molecular flexibility index (Phi) is 3.66. The van der Waals surface area contributed by atoms with E-state index in [9.17, 15) is 14.7 Å². The number of carbonyl (C=O) groups is 2. The van der Waals surface area contributed by atoms with E-state index in [2.05, 4.69) is 0 Å². The molecule has 0 aliphatic heterocycles. The summed E-state index contributed by atoms with van der Waals surface area (Å²) in [6.45, 7) is 0. The quantitative estimate of drug-likeness (QED) is 0.592. The van der Waals surface area contributed by atoms with Crippen molar-refractivity contribution in [3.8, 4) is 11.5 Å². The predicted octanol–water partition coefficient (Wildman–Crippen LogP) is 1.31. The molecule has 84 valence electrons. The van der Waals surface area contributed by atoms with E-state index < -0.39 is 5.97 Å². The zero-order valence-corrected chi connectivity index (χ0v) is 8.51. The van der Waals surface area contributed by atoms with Gasteiger partial charge in [0.15, 0.2) is 17.8 Å². The highest BCUT2D eigenvalue weighted by atomic mass is 16.5. The molecule has 0 unspecified atom stereocenters. The average Bonchev–Trinajstić information content (AvgIpc) is 2.27. The minimum Gasteiger partial charge on any atom is -0.504 e. The van der Waals surface area contributed by atoms with Crippen molar-refractivity contribution in [2.45, 2.75) is 0 Å². The van der Waals surface area contributed by atoms with E-state index in [4.69, 9.17) is 9.84 Å². The Hall–Kier alpha value is -2.30. The van der Waals surface area contributed by atoms with Gasteiger partial charge in [-0.15, -0.1) is 0 Å². The van der Waals surface area contributed by atoms with Crippen LogP contribution >= 0.6 is 0 Å². The van der Waals surface area contributed by atoms with Crippen LogP contribution in [-0.4, -0.2) is 29.6 Å². The number of aromatic hydroxyl groups is 1. The standard InChI is InChI=1S/C11H10O5/c1-16-9-5-7(2-3-10(13)14)4-8(6-12)11(9)15/h2-6,15H,1H3,(H,13,14). The smallest absolute Gasteiger partial charge is 0.328 e. The van der Waals surface area contributed by atoms with Crippen LogP contribution in [0.1, 0.15) is 15.9 Å². The zero-order chi connectivity index (χ0) is 12.1. The number of aliphatic carboxylic acids is 1. The summed E-state index contributed by atoms with van der Waals surface area (Å²) in [5.41, 5.74) is 0.503. The predicted molar refractivity (Wildman–Crippen MR) is 56.7 cm³/mol. The lowest BCUT2D eigenvalue weighted by Gasteiger charge is -2.06. The van der Waals surface area contributed by atoms with Crippen LogP contribution in [0.25, 0.3) is 6.08 Å². The van der Waals surface area contributed by atoms with Crippen molar-refractivity contribution in [1.29, 1.82) is 0 Å². The van der Waals surface area contributed by atoms with Gasteiger partial charge < -0.3 is 14.9 Å². The maximum absolute atomic E-state index is 10.6. The van der Waals surface area contributed by atoms with Gasteiger partial charge >= 0.3 is 5.97 Å². The fourth-order valence-electron chi connectivity index (χ4n) is 1.16. The van der Waals surface area contributed by atoms with Crippen molar-refractivity contribution >= 4 is 18.3 Å². The molecule has 5 nitrogen and oxygen atoms in total. The zero-order valence-electron chi connectivity index (χ0n) is 8.51. The number of benzene rings is 1. The fourth-order valence-corrected chi connectivity index (χ4v) is 1.16. The molecule has 0 amide bonds. The molecule has 0 aromatic heterocycles. The molecule has 2 N–H and O–H groups in total. The number of rotatable bonds is 4. The van der Waals surface area contributed by atoms with Crippen molar-refractivity contribution in [2.75, 3.05) is 7.11 Å². The van der Waals surface area contributed by atoms with Gasteiger partial charge in [-0.3, -0.25) is 4.79 Å². The van der Waals surface area contributed by atoms with Crippen LogP contribution in [0.5, 0.6) is 11.5 Å². The first-order chi connectivity index (χ1) is 7.58. The van der Waals surface area contributed by atoms with Crippen LogP contribution in [0.2, 0.25) is 0 Å². The van der Waals surface area contributed by atoms with E-state index in [0.29, 0.717) is 11.8 Å². The van der Waals surface area contributed by atoms with Gasteiger partial charge in [-0.25, -0.2) is 4.79 Å². The number of methoxy groups -OCH3 is 1. The van der Waals surface area contributed by atoms with Gasteiger partial charge in [0.05, 0.1) is 12.7 Å². The molecule has 0 bridgehead atoms. The molecule has 0 aliphatic rings. The molecule has 0 saturated carbocycles. The molecule has 0 saturated heterocycles. The van der Waals surface area contributed by atoms with Crippen molar-refractivity contribution in [1.82, 2.24) is 0 Å². The summed E-state index contributed by atoms with van der Waals surface area (Å²) < 4.78 is 4.84. The summed E-state index contributed by atoms with van der Waals surface area (Å²) in [4.78, 5) is 20.9. The summed E-state index contributed by atoms with van der Waals surface area (Å²) in [5.74, 6) is -1.24. The first-order valence-corrected chi connectivity index (χ1v) is 4.35. The summed E-state index contributed by atoms with van der Waals surface area (Å²) >= 11 is 0. The molecule has 0 fully saturated rings. The monoisotopic (exact) mass is 222 g/mol. The SMILES string of the molecule is COc1cc(C=CC(=O)O)cc(C=O)c1O. The fraction of sp³-hybridized carbons (Fsp3) is 0.0909. The molecule has 1 aromatic carbocycles. The Bertz CT molecular complexity index is 448. The van der Waals surface area contributed by atoms with E-state index in [1.54, 1.807) is 0 Å². The molecule has 0 spiro atoms. The third kappa shape index (κ3) is 2.60. The van der Waals surface area contributed by atoms with Crippen LogP contribution in [0.3, 0.4) is 0 Å². The van der Waals surface area contributed by atoms with E-state index in [-0.39, 0.29) is 17.1 Å². The number of carboxylic acids is 1. The largest absolute Gasteiger partial charge is 0.504 e. The van der Waals surface area contributed by atoms with Gasteiger partial charge in [0, 0.05) is 6.08 Å². The van der Waals surface area contributed by atoms with Gasteiger partial charge in [0.2, 0.25) is 0 Å². The van der Waals surface area contributed by atoms with Crippen LogP contribution in [-0.2, 0) is 4.79 Å². The van der Waals surface area contributed by atoms with Gasteiger partial charge in [0.1, 0.15) is 0 Å². The molecule has 1 rings (SSSR count). The number of carboxylic acid groups (broad SMARTS) is 1. The van der Waals surface area contributed by atoms with Gasteiger partial charge in [-0.1, -0.05) is 0 Å². The summed E-state index contributed by atoms with van der Waals surface area (Å²) in [7, 11) is 1.34. The van der Waals surface area contributed by atoms with Gasteiger partial charge in [-0.05, 0) is 23.8 Å². The third-order valence-electron chi connectivity index (χ3n) is 1.89. The number of phenolic OH excluding ortho intramolecular Hbond substituents is 1. The lowest BCUT2D eigenvalue weighted by atomic mass is 10.1. The Balaban J connectivity index is 3.21. The highest BCUT2D eigenvalue weighted by molar-refractivity contribution is 5.87. The van der Waals surface area contributed by atoms with Crippen LogP contribution in [0, 0.1) is 0 Å². The highest BCUT2D eigenvalue weighted by Crippen LogP contribution is 2.30. The molecule has 1 aromatic rings.